The number of benzene rings is 1. The van der Waals surface area contributed by atoms with Crippen LogP contribution in [0.25, 0.3) is 0 Å². The summed E-state index contributed by atoms with van der Waals surface area (Å²) >= 11 is 3.37. The number of rotatable bonds is 3. The normalized spacial score (nSPS) is 19.3. The predicted octanol–water partition coefficient (Wildman–Crippen LogP) is 2.44. The number of aromatic carboxylic acids is 1. The van der Waals surface area contributed by atoms with Gasteiger partial charge in [0.25, 0.3) is 0 Å². The minimum Gasteiger partial charge on any atom is -0.478 e. The van der Waals surface area contributed by atoms with Gasteiger partial charge in [0, 0.05) is 18.3 Å². The lowest BCUT2D eigenvalue weighted by Gasteiger charge is -2.19. The van der Waals surface area contributed by atoms with E-state index in [1.54, 1.807) is 23.1 Å². The Morgan fingerprint density at radius 2 is 2.28 bits per heavy atom. The second kappa shape index (κ2) is 5.10. The van der Waals surface area contributed by atoms with Crippen molar-refractivity contribution < 1.29 is 14.7 Å². The highest BCUT2D eigenvalue weighted by Crippen LogP contribution is 2.29. The highest BCUT2D eigenvalue weighted by Gasteiger charge is 2.32. The molecule has 0 spiro atoms. The van der Waals surface area contributed by atoms with E-state index in [1.165, 1.54) is 0 Å². The maximum absolute atomic E-state index is 11.9. The van der Waals surface area contributed by atoms with E-state index in [1.807, 2.05) is 6.92 Å². The van der Waals surface area contributed by atoms with E-state index in [2.05, 4.69) is 15.9 Å². The zero-order chi connectivity index (χ0) is 13.3. The van der Waals surface area contributed by atoms with Crippen LogP contribution in [-0.2, 0) is 4.79 Å². The van der Waals surface area contributed by atoms with Crippen molar-refractivity contribution in [2.75, 3.05) is 16.8 Å². The molecule has 1 aromatic rings. The molecule has 1 N–H and O–H groups in total. The number of aryl methyl sites for hydroxylation is 1. The molecule has 2 rings (SSSR count). The summed E-state index contributed by atoms with van der Waals surface area (Å²) in [6.07, 6.45) is 0.470. The molecule has 1 unspecified atom stereocenters. The molecule has 5 heteroatoms. The molecule has 1 saturated heterocycles. The van der Waals surface area contributed by atoms with Crippen LogP contribution in [-0.4, -0.2) is 28.9 Å². The predicted molar refractivity (Wildman–Crippen MR) is 72.4 cm³/mol. The summed E-state index contributed by atoms with van der Waals surface area (Å²) in [6.45, 7) is 2.46. The zero-order valence-electron chi connectivity index (χ0n) is 10.0. The van der Waals surface area contributed by atoms with Gasteiger partial charge in [0.05, 0.1) is 11.3 Å². The third-order valence-corrected chi connectivity index (χ3v) is 4.01. The number of carbonyl (C=O) groups is 2. The molecule has 0 aromatic heterocycles. The zero-order valence-corrected chi connectivity index (χ0v) is 11.6. The van der Waals surface area contributed by atoms with E-state index in [0.29, 0.717) is 18.7 Å². The van der Waals surface area contributed by atoms with Gasteiger partial charge in [-0.3, -0.25) is 4.79 Å². The summed E-state index contributed by atoms with van der Waals surface area (Å²) in [4.78, 5) is 24.7. The molecule has 1 aromatic carbocycles. The van der Waals surface area contributed by atoms with Crippen LogP contribution in [0.5, 0.6) is 0 Å². The molecule has 0 saturated carbocycles. The summed E-state index contributed by atoms with van der Waals surface area (Å²) in [5.74, 6) is -0.757. The van der Waals surface area contributed by atoms with E-state index in [9.17, 15) is 14.7 Å². The highest BCUT2D eigenvalue weighted by molar-refractivity contribution is 9.09. The van der Waals surface area contributed by atoms with Crippen LogP contribution in [0, 0.1) is 12.8 Å². The number of amides is 1. The molecular formula is C13H14BrNO3. The highest BCUT2D eigenvalue weighted by atomic mass is 79.9. The van der Waals surface area contributed by atoms with Crippen molar-refractivity contribution in [1.82, 2.24) is 0 Å². The monoisotopic (exact) mass is 311 g/mol. The number of nitrogens with zero attached hydrogens (tertiary/aromatic N) is 1. The van der Waals surface area contributed by atoms with Crippen molar-refractivity contribution in [3.63, 3.8) is 0 Å². The lowest BCUT2D eigenvalue weighted by atomic mass is 10.1. The second-order valence-corrected chi connectivity index (χ2v) is 5.20. The maximum Gasteiger partial charge on any atom is 0.337 e. The van der Waals surface area contributed by atoms with Crippen LogP contribution >= 0.6 is 15.9 Å². The fourth-order valence-electron chi connectivity index (χ4n) is 2.16. The number of hydrogen-bond acceptors (Lipinski definition) is 2. The molecule has 0 aliphatic carbocycles. The molecule has 96 valence electrons. The largest absolute Gasteiger partial charge is 0.478 e. The van der Waals surface area contributed by atoms with Gasteiger partial charge in [0.2, 0.25) is 5.91 Å². The van der Waals surface area contributed by atoms with Crippen LogP contribution in [0.4, 0.5) is 5.69 Å². The minimum atomic E-state index is -1.000. The van der Waals surface area contributed by atoms with Gasteiger partial charge >= 0.3 is 5.97 Å². The van der Waals surface area contributed by atoms with Gasteiger partial charge < -0.3 is 10.0 Å². The Bertz CT molecular complexity index is 501. The molecule has 0 radical (unpaired) electrons. The number of carboxylic acids is 1. The van der Waals surface area contributed by atoms with Crippen molar-refractivity contribution in [2.24, 2.45) is 5.92 Å². The van der Waals surface area contributed by atoms with Crippen molar-refractivity contribution >= 4 is 33.5 Å². The number of hydrogen-bond donors (Lipinski definition) is 1. The van der Waals surface area contributed by atoms with Crippen LogP contribution in [0.1, 0.15) is 22.3 Å². The first-order chi connectivity index (χ1) is 8.52. The third-order valence-electron chi connectivity index (χ3n) is 3.10. The number of halogens is 1. The summed E-state index contributed by atoms with van der Waals surface area (Å²) < 4.78 is 0. The summed E-state index contributed by atoms with van der Waals surface area (Å²) in [7, 11) is 0. The molecule has 1 atom stereocenters. The van der Waals surface area contributed by atoms with Crippen molar-refractivity contribution in [3.8, 4) is 0 Å². The van der Waals surface area contributed by atoms with Gasteiger partial charge in [-0.25, -0.2) is 4.79 Å². The number of carbonyl (C=O) groups excluding carboxylic acids is 1. The Balaban J connectivity index is 2.41. The van der Waals surface area contributed by atoms with E-state index >= 15 is 0 Å². The fraction of sp³-hybridized carbons (Fsp3) is 0.385. The fourth-order valence-corrected chi connectivity index (χ4v) is 2.60. The van der Waals surface area contributed by atoms with Crippen LogP contribution < -0.4 is 4.90 Å². The van der Waals surface area contributed by atoms with E-state index in [0.717, 1.165) is 10.9 Å². The van der Waals surface area contributed by atoms with Gasteiger partial charge in [0.15, 0.2) is 0 Å². The quantitative estimate of drug-likeness (QED) is 0.872. The Labute approximate surface area is 114 Å². The number of carboxylic acid groups (broad SMARTS) is 1. The van der Waals surface area contributed by atoms with E-state index in [-0.39, 0.29) is 17.4 Å². The van der Waals surface area contributed by atoms with Gasteiger partial charge in [-0.2, -0.15) is 0 Å². The van der Waals surface area contributed by atoms with Crippen molar-refractivity contribution in [1.29, 1.82) is 0 Å². The van der Waals surface area contributed by atoms with Gasteiger partial charge in [-0.15, -0.1) is 0 Å². The lowest BCUT2D eigenvalue weighted by molar-refractivity contribution is -0.117. The van der Waals surface area contributed by atoms with Gasteiger partial charge in [-0.1, -0.05) is 22.0 Å². The average Bonchev–Trinajstić information content (AvgIpc) is 2.70. The first-order valence-electron chi connectivity index (χ1n) is 5.73. The summed E-state index contributed by atoms with van der Waals surface area (Å²) in [5, 5.41) is 9.93. The minimum absolute atomic E-state index is 0.00690. The van der Waals surface area contributed by atoms with Crippen LogP contribution in [0.2, 0.25) is 0 Å². The Morgan fingerprint density at radius 3 is 2.83 bits per heavy atom. The molecule has 1 amide bonds. The first-order valence-corrected chi connectivity index (χ1v) is 6.85. The van der Waals surface area contributed by atoms with Crippen molar-refractivity contribution in [3.05, 3.63) is 29.3 Å². The van der Waals surface area contributed by atoms with E-state index in [4.69, 9.17) is 0 Å². The van der Waals surface area contributed by atoms with Crippen LogP contribution in [0.15, 0.2) is 18.2 Å². The molecule has 4 nitrogen and oxygen atoms in total. The third kappa shape index (κ3) is 2.41. The molecule has 1 heterocycles. The van der Waals surface area contributed by atoms with E-state index < -0.39 is 5.97 Å². The standard InChI is InChI=1S/C13H14BrNO3/c1-8-2-3-10(13(17)18)11(4-8)15-7-9(6-14)5-12(15)16/h2-4,9H,5-7H2,1H3,(H,17,18). The Hall–Kier alpha value is -1.36. The molecule has 0 bridgehead atoms. The summed E-state index contributed by atoms with van der Waals surface area (Å²) in [6, 6.07) is 5.06. The van der Waals surface area contributed by atoms with Crippen molar-refractivity contribution in [2.45, 2.75) is 13.3 Å². The Kier molecular flexibility index (Phi) is 3.71. The number of alkyl halides is 1. The molecule has 18 heavy (non-hydrogen) atoms. The lowest BCUT2D eigenvalue weighted by Crippen LogP contribution is -2.26. The van der Waals surface area contributed by atoms with Crippen LogP contribution in [0.3, 0.4) is 0 Å². The SMILES string of the molecule is Cc1ccc(C(=O)O)c(N2CC(CBr)CC2=O)c1. The van der Waals surface area contributed by atoms with Gasteiger partial charge in [0.1, 0.15) is 0 Å². The second-order valence-electron chi connectivity index (χ2n) is 4.55. The number of anilines is 1. The maximum atomic E-state index is 11.9. The Morgan fingerprint density at radius 1 is 1.56 bits per heavy atom. The summed E-state index contributed by atoms with van der Waals surface area (Å²) in [5.41, 5.74) is 1.64. The average molecular weight is 312 g/mol. The first kappa shape index (κ1) is 13.1. The van der Waals surface area contributed by atoms with Gasteiger partial charge in [-0.05, 0) is 30.5 Å². The topological polar surface area (TPSA) is 57.6 Å². The smallest absolute Gasteiger partial charge is 0.337 e. The molecule has 1 fully saturated rings. The molecule has 1 aliphatic heterocycles. The molecule has 1 aliphatic rings. The molecular weight excluding hydrogens is 298 g/mol.